The van der Waals surface area contributed by atoms with Gasteiger partial charge in [-0.05, 0) is 38.5 Å². The van der Waals surface area contributed by atoms with Crippen molar-refractivity contribution in [2.24, 2.45) is 17.6 Å². The van der Waals surface area contributed by atoms with Crippen molar-refractivity contribution in [2.75, 3.05) is 0 Å². The lowest BCUT2D eigenvalue weighted by molar-refractivity contribution is -0.125. The molecule has 14 heavy (non-hydrogen) atoms. The molecule has 1 unspecified atom stereocenters. The van der Waals surface area contributed by atoms with Crippen molar-refractivity contribution in [1.29, 1.82) is 0 Å². The highest BCUT2D eigenvalue weighted by Gasteiger charge is 2.39. The van der Waals surface area contributed by atoms with Gasteiger partial charge in [-0.2, -0.15) is 0 Å². The van der Waals surface area contributed by atoms with E-state index in [-0.39, 0.29) is 23.4 Å². The molecule has 82 valence electrons. The van der Waals surface area contributed by atoms with E-state index in [4.69, 9.17) is 5.73 Å². The number of hydrogen-bond donors (Lipinski definition) is 2. The molecule has 0 aromatic carbocycles. The third kappa shape index (κ3) is 2.71. The molecule has 1 aliphatic carbocycles. The van der Waals surface area contributed by atoms with Crippen LogP contribution in [0, 0.1) is 11.8 Å². The van der Waals surface area contributed by atoms with Crippen LogP contribution in [0.5, 0.6) is 0 Å². The van der Waals surface area contributed by atoms with E-state index in [0.717, 1.165) is 0 Å². The molecule has 0 bridgehead atoms. The molecule has 3 nitrogen and oxygen atoms in total. The third-order valence-corrected chi connectivity index (χ3v) is 3.06. The Hall–Kier alpha value is -0.570. The van der Waals surface area contributed by atoms with Crippen LogP contribution < -0.4 is 11.1 Å². The molecule has 1 fully saturated rings. The van der Waals surface area contributed by atoms with E-state index < -0.39 is 0 Å². The predicted molar refractivity (Wildman–Crippen MR) is 57.8 cm³/mol. The van der Waals surface area contributed by atoms with Crippen LogP contribution in [0.1, 0.15) is 40.5 Å². The van der Waals surface area contributed by atoms with Crippen LogP contribution in [0.3, 0.4) is 0 Å². The molecule has 0 aromatic rings. The van der Waals surface area contributed by atoms with E-state index in [9.17, 15) is 4.79 Å². The van der Waals surface area contributed by atoms with Crippen molar-refractivity contribution < 1.29 is 4.79 Å². The maximum absolute atomic E-state index is 11.7. The molecular formula is C11H22N2O. The van der Waals surface area contributed by atoms with Crippen LogP contribution in [-0.2, 0) is 4.79 Å². The second kappa shape index (κ2) is 3.89. The summed E-state index contributed by atoms with van der Waals surface area (Å²) in [5.41, 5.74) is 5.70. The highest BCUT2D eigenvalue weighted by atomic mass is 16.2. The van der Waals surface area contributed by atoms with E-state index in [2.05, 4.69) is 19.2 Å². The molecule has 0 radical (unpaired) electrons. The van der Waals surface area contributed by atoms with Crippen LogP contribution in [0.15, 0.2) is 0 Å². The summed E-state index contributed by atoms with van der Waals surface area (Å²) >= 11 is 0. The van der Waals surface area contributed by atoms with Gasteiger partial charge in [-0.3, -0.25) is 4.79 Å². The predicted octanol–water partition coefficient (Wildman–Crippen LogP) is 1.27. The van der Waals surface area contributed by atoms with Crippen LogP contribution in [-0.4, -0.2) is 17.5 Å². The van der Waals surface area contributed by atoms with Crippen molar-refractivity contribution in [3.8, 4) is 0 Å². The van der Waals surface area contributed by atoms with E-state index in [1.54, 1.807) is 0 Å². The first-order valence-electron chi connectivity index (χ1n) is 5.42. The Kier molecular flexibility index (Phi) is 3.20. The van der Waals surface area contributed by atoms with Crippen LogP contribution in [0.25, 0.3) is 0 Å². The highest BCUT2D eigenvalue weighted by Crippen LogP contribution is 2.39. The molecule has 0 spiro atoms. The molecule has 1 amide bonds. The summed E-state index contributed by atoms with van der Waals surface area (Å²) in [4.78, 5) is 11.7. The smallest absolute Gasteiger partial charge is 0.237 e. The summed E-state index contributed by atoms with van der Waals surface area (Å²) in [6.07, 6.45) is 2.45. The van der Waals surface area contributed by atoms with E-state index in [1.807, 2.05) is 13.8 Å². The zero-order valence-corrected chi connectivity index (χ0v) is 9.63. The quantitative estimate of drug-likeness (QED) is 0.715. The van der Waals surface area contributed by atoms with Gasteiger partial charge in [-0.15, -0.1) is 0 Å². The van der Waals surface area contributed by atoms with Crippen molar-refractivity contribution in [3.63, 3.8) is 0 Å². The van der Waals surface area contributed by atoms with Gasteiger partial charge in [-0.1, -0.05) is 13.8 Å². The first-order chi connectivity index (χ1) is 6.34. The van der Waals surface area contributed by atoms with E-state index in [0.29, 0.717) is 5.92 Å². The minimum atomic E-state index is -0.381. The molecular weight excluding hydrogens is 176 g/mol. The fourth-order valence-electron chi connectivity index (χ4n) is 1.61. The van der Waals surface area contributed by atoms with Gasteiger partial charge in [0.1, 0.15) is 0 Å². The Morgan fingerprint density at radius 2 is 1.93 bits per heavy atom. The van der Waals surface area contributed by atoms with Gasteiger partial charge in [0.05, 0.1) is 6.04 Å². The molecule has 0 aromatic heterocycles. The lowest BCUT2D eigenvalue weighted by Gasteiger charge is -2.28. The minimum absolute atomic E-state index is 0.0168. The molecule has 0 saturated heterocycles. The fourth-order valence-corrected chi connectivity index (χ4v) is 1.61. The summed E-state index contributed by atoms with van der Waals surface area (Å²) in [5, 5.41) is 3.04. The third-order valence-electron chi connectivity index (χ3n) is 3.06. The largest absolute Gasteiger partial charge is 0.350 e. The maximum atomic E-state index is 11.7. The maximum Gasteiger partial charge on any atom is 0.237 e. The number of amides is 1. The average Bonchev–Trinajstić information content (AvgIpc) is 2.83. The van der Waals surface area contributed by atoms with Gasteiger partial charge in [0.15, 0.2) is 0 Å². The zero-order chi connectivity index (χ0) is 10.9. The fraction of sp³-hybridized carbons (Fsp3) is 0.909. The number of nitrogens with one attached hydrogen (secondary N) is 1. The summed E-state index contributed by atoms with van der Waals surface area (Å²) in [5.74, 6) is 0.827. The summed E-state index contributed by atoms with van der Waals surface area (Å²) in [6, 6.07) is -0.381. The van der Waals surface area contributed by atoms with Crippen LogP contribution in [0.4, 0.5) is 0 Å². The second-order valence-corrected chi connectivity index (χ2v) is 5.26. The number of nitrogens with two attached hydrogens (primary N) is 1. The van der Waals surface area contributed by atoms with Gasteiger partial charge in [0, 0.05) is 5.54 Å². The van der Waals surface area contributed by atoms with Crippen molar-refractivity contribution in [2.45, 2.75) is 52.1 Å². The van der Waals surface area contributed by atoms with Crippen molar-refractivity contribution >= 4 is 5.91 Å². The van der Waals surface area contributed by atoms with E-state index >= 15 is 0 Å². The normalized spacial score (nSPS) is 19.6. The highest BCUT2D eigenvalue weighted by molar-refractivity contribution is 5.82. The summed E-state index contributed by atoms with van der Waals surface area (Å²) < 4.78 is 0. The van der Waals surface area contributed by atoms with Gasteiger partial charge in [0.25, 0.3) is 0 Å². The van der Waals surface area contributed by atoms with Crippen LogP contribution >= 0.6 is 0 Å². The van der Waals surface area contributed by atoms with Gasteiger partial charge in [0.2, 0.25) is 5.91 Å². The Balaban J connectivity index is 2.46. The monoisotopic (exact) mass is 198 g/mol. The minimum Gasteiger partial charge on any atom is -0.350 e. The van der Waals surface area contributed by atoms with Gasteiger partial charge >= 0.3 is 0 Å². The Morgan fingerprint density at radius 1 is 1.43 bits per heavy atom. The number of carbonyl (C=O) groups is 1. The molecule has 3 heteroatoms. The number of carbonyl (C=O) groups excluding carboxylic acids is 1. The number of hydrogen-bond acceptors (Lipinski definition) is 2. The Bertz CT molecular complexity index is 219. The summed E-state index contributed by atoms with van der Waals surface area (Å²) in [7, 11) is 0. The second-order valence-electron chi connectivity index (χ2n) is 5.26. The van der Waals surface area contributed by atoms with Gasteiger partial charge < -0.3 is 11.1 Å². The van der Waals surface area contributed by atoms with Crippen molar-refractivity contribution in [1.82, 2.24) is 5.32 Å². The Labute approximate surface area is 86.4 Å². The lowest BCUT2D eigenvalue weighted by Crippen LogP contribution is -2.53. The first-order valence-corrected chi connectivity index (χ1v) is 5.42. The standard InChI is InChI=1S/C11H22N2O/c1-7(2)9(12)10(14)13-11(3,4)8-5-6-8/h7-9H,5-6,12H2,1-4H3,(H,13,14). The number of rotatable bonds is 4. The molecule has 1 saturated carbocycles. The first kappa shape index (κ1) is 11.5. The van der Waals surface area contributed by atoms with Gasteiger partial charge in [-0.25, -0.2) is 0 Å². The molecule has 1 aliphatic rings. The van der Waals surface area contributed by atoms with Crippen LogP contribution in [0.2, 0.25) is 0 Å². The molecule has 3 N–H and O–H groups in total. The van der Waals surface area contributed by atoms with Crippen molar-refractivity contribution in [3.05, 3.63) is 0 Å². The molecule has 1 atom stereocenters. The molecule has 0 aliphatic heterocycles. The SMILES string of the molecule is CC(C)C(N)C(=O)NC(C)(C)C1CC1. The Morgan fingerprint density at radius 3 is 2.29 bits per heavy atom. The van der Waals surface area contributed by atoms with E-state index in [1.165, 1.54) is 12.8 Å². The molecule has 0 heterocycles. The lowest BCUT2D eigenvalue weighted by atomic mass is 9.96. The molecule has 1 rings (SSSR count). The zero-order valence-electron chi connectivity index (χ0n) is 9.63. The summed E-state index contributed by atoms with van der Waals surface area (Å²) in [6.45, 7) is 8.09. The average molecular weight is 198 g/mol. The topological polar surface area (TPSA) is 55.1 Å².